The fourth-order valence-corrected chi connectivity index (χ4v) is 4.00. The molecule has 27 heavy (non-hydrogen) atoms. The first-order chi connectivity index (χ1) is 13.2. The van der Waals surface area contributed by atoms with Crippen molar-refractivity contribution in [2.75, 3.05) is 25.9 Å². The molecule has 0 aliphatic carbocycles. The van der Waals surface area contributed by atoms with Crippen LogP contribution in [0.3, 0.4) is 0 Å². The van der Waals surface area contributed by atoms with Crippen LogP contribution < -0.4 is 19.5 Å². The van der Waals surface area contributed by atoms with Crippen LogP contribution in [-0.2, 0) is 4.79 Å². The van der Waals surface area contributed by atoms with Gasteiger partial charge in [-0.25, -0.2) is 0 Å². The highest BCUT2D eigenvalue weighted by Crippen LogP contribution is 2.36. The first kappa shape index (κ1) is 17.7. The molecule has 1 fully saturated rings. The van der Waals surface area contributed by atoms with Gasteiger partial charge in [0.2, 0.25) is 6.79 Å². The molecule has 1 amide bonds. The summed E-state index contributed by atoms with van der Waals surface area (Å²) in [5.74, 6) is 1.96. The van der Waals surface area contributed by atoms with Gasteiger partial charge in [0.25, 0.3) is 5.91 Å². The van der Waals surface area contributed by atoms with Crippen molar-refractivity contribution < 1.29 is 19.0 Å². The van der Waals surface area contributed by atoms with Crippen LogP contribution in [-0.4, -0.2) is 35.7 Å². The van der Waals surface area contributed by atoms with Gasteiger partial charge in [-0.2, -0.15) is 0 Å². The number of nitrogens with one attached hydrogen (secondary N) is 1. The second kappa shape index (κ2) is 7.50. The van der Waals surface area contributed by atoms with Gasteiger partial charge in [0.15, 0.2) is 11.5 Å². The highest BCUT2D eigenvalue weighted by Gasteiger charge is 2.32. The van der Waals surface area contributed by atoms with Crippen molar-refractivity contribution in [1.29, 1.82) is 0 Å². The number of rotatable bonds is 5. The smallest absolute Gasteiger partial charge is 0.267 e. The van der Waals surface area contributed by atoms with E-state index < -0.39 is 0 Å². The van der Waals surface area contributed by atoms with E-state index >= 15 is 0 Å². The Kier molecular flexibility index (Phi) is 4.91. The average Bonchev–Trinajstić information content (AvgIpc) is 3.25. The summed E-state index contributed by atoms with van der Waals surface area (Å²) >= 11 is 6.66. The predicted octanol–water partition coefficient (Wildman–Crippen LogP) is 3.69. The third kappa shape index (κ3) is 3.58. The largest absolute Gasteiger partial charge is 0.495 e. The number of para-hydroxylation sites is 2. The molecule has 0 bridgehead atoms. The molecule has 0 atom stereocenters. The van der Waals surface area contributed by atoms with Crippen molar-refractivity contribution in [2.24, 2.45) is 0 Å². The van der Waals surface area contributed by atoms with Crippen molar-refractivity contribution in [3.63, 3.8) is 0 Å². The number of thiocarbonyl (C=S) groups is 1. The van der Waals surface area contributed by atoms with E-state index in [1.165, 1.54) is 16.7 Å². The standard InChI is InChI=1S/C19H16N2O4S2/c1-23-14-5-3-2-4-13(14)20-10-21-18(22)17(27-19(21)26)9-12-6-7-15-16(8-12)25-11-24-15/h2-9,20H,10-11H2,1H3. The molecule has 1 saturated heterocycles. The summed E-state index contributed by atoms with van der Waals surface area (Å²) in [6.07, 6.45) is 1.81. The zero-order valence-electron chi connectivity index (χ0n) is 14.4. The summed E-state index contributed by atoms with van der Waals surface area (Å²) in [6.45, 7) is 0.485. The van der Waals surface area contributed by atoms with Crippen LogP contribution in [0.15, 0.2) is 47.4 Å². The van der Waals surface area contributed by atoms with Crippen molar-refractivity contribution in [2.45, 2.75) is 0 Å². The second-order valence-corrected chi connectivity index (χ2v) is 7.43. The van der Waals surface area contributed by atoms with Gasteiger partial charge in [0.1, 0.15) is 10.1 Å². The molecule has 4 rings (SSSR count). The molecule has 6 nitrogen and oxygen atoms in total. The molecule has 2 aromatic carbocycles. The minimum Gasteiger partial charge on any atom is -0.495 e. The van der Waals surface area contributed by atoms with Gasteiger partial charge in [0, 0.05) is 0 Å². The number of carbonyl (C=O) groups excluding carboxylic acids is 1. The lowest BCUT2D eigenvalue weighted by Gasteiger charge is -2.17. The van der Waals surface area contributed by atoms with Crippen LogP contribution >= 0.6 is 24.0 Å². The maximum Gasteiger partial charge on any atom is 0.267 e. The van der Waals surface area contributed by atoms with Crippen LogP contribution in [0.2, 0.25) is 0 Å². The summed E-state index contributed by atoms with van der Waals surface area (Å²) in [6, 6.07) is 13.1. The zero-order valence-corrected chi connectivity index (χ0v) is 16.1. The number of hydrogen-bond acceptors (Lipinski definition) is 7. The lowest BCUT2D eigenvalue weighted by Crippen LogP contribution is -2.33. The SMILES string of the molecule is COc1ccccc1NCN1C(=O)C(=Cc2ccc3c(c2)OCO3)SC1=S. The molecule has 2 aliphatic heterocycles. The number of hydrogen-bond donors (Lipinski definition) is 1. The summed E-state index contributed by atoms with van der Waals surface area (Å²) in [7, 11) is 1.61. The Labute approximate surface area is 166 Å². The Morgan fingerprint density at radius 3 is 2.93 bits per heavy atom. The monoisotopic (exact) mass is 400 g/mol. The van der Waals surface area contributed by atoms with Crippen molar-refractivity contribution in [3.05, 3.63) is 52.9 Å². The Morgan fingerprint density at radius 2 is 2.07 bits per heavy atom. The van der Waals surface area contributed by atoms with Crippen molar-refractivity contribution in [1.82, 2.24) is 4.90 Å². The number of benzene rings is 2. The number of ether oxygens (including phenoxy) is 3. The first-order valence-electron chi connectivity index (χ1n) is 8.17. The second-order valence-electron chi connectivity index (χ2n) is 5.76. The number of carbonyl (C=O) groups is 1. The lowest BCUT2D eigenvalue weighted by atomic mass is 10.2. The highest BCUT2D eigenvalue weighted by atomic mass is 32.2. The molecular formula is C19H16N2O4S2. The number of fused-ring (bicyclic) bond motifs is 1. The van der Waals surface area contributed by atoms with Crippen molar-refractivity contribution >= 4 is 46.0 Å². The van der Waals surface area contributed by atoms with E-state index in [-0.39, 0.29) is 19.4 Å². The van der Waals surface area contributed by atoms with Gasteiger partial charge in [-0.3, -0.25) is 9.69 Å². The molecule has 2 aromatic rings. The van der Waals surface area contributed by atoms with Gasteiger partial charge in [-0.1, -0.05) is 42.2 Å². The minimum atomic E-state index is -0.134. The molecule has 0 spiro atoms. The summed E-state index contributed by atoms with van der Waals surface area (Å²) in [4.78, 5) is 14.9. The normalized spacial score (nSPS) is 16.9. The molecule has 2 aliphatic rings. The first-order valence-corrected chi connectivity index (χ1v) is 9.40. The third-order valence-electron chi connectivity index (χ3n) is 4.10. The summed E-state index contributed by atoms with van der Waals surface area (Å²) < 4.78 is 16.5. The highest BCUT2D eigenvalue weighted by molar-refractivity contribution is 8.26. The Morgan fingerprint density at radius 1 is 1.26 bits per heavy atom. The topological polar surface area (TPSA) is 60.0 Å². The molecule has 1 N–H and O–H groups in total. The Hall–Kier alpha value is -2.71. The van der Waals surface area contributed by atoms with Crippen LogP contribution in [0.4, 0.5) is 5.69 Å². The van der Waals surface area contributed by atoms with E-state index in [4.69, 9.17) is 26.4 Å². The molecular weight excluding hydrogens is 384 g/mol. The summed E-state index contributed by atoms with van der Waals surface area (Å²) in [5, 5.41) is 3.20. The van der Waals surface area contributed by atoms with Crippen LogP contribution in [0.25, 0.3) is 6.08 Å². The number of amides is 1. The fourth-order valence-electron chi connectivity index (χ4n) is 2.75. The fraction of sp³-hybridized carbons (Fsp3) is 0.158. The molecule has 0 radical (unpaired) electrons. The van der Waals surface area contributed by atoms with E-state index in [0.29, 0.717) is 26.5 Å². The van der Waals surface area contributed by atoms with Crippen LogP contribution in [0.1, 0.15) is 5.56 Å². The van der Waals surface area contributed by atoms with Crippen LogP contribution in [0, 0.1) is 0 Å². The van der Waals surface area contributed by atoms with Crippen LogP contribution in [0.5, 0.6) is 17.2 Å². The number of methoxy groups -OCH3 is 1. The number of anilines is 1. The molecule has 2 heterocycles. The van der Waals surface area contributed by atoms with E-state index in [1.54, 1.807) is 7.11 Å². The third-order valence-corrected chi connectivity index (χ3v) is 5.48. The summed E-state index contributed by atoms with van der Waals surface area (Å²) in [5.41, 5.74) is 1.66. The van der Waals surface area contributed by atoms with Gasteiger partial charge >= 0.3 is 0 Å². The molecule has 138 valence electrons. The Balaban J connectivity index is 1.48. The quantitative estimate of drug-likeness (QED) is 0.607. The number of nitrogens with zero attached hydrogens (tertiary/aromatic N) is 1. The Bertz CT molecular complexity index is 945. The predicted molar refractivity (Wildman–Crippen MR) is 109 cm³/mol. The maximum absolute atomic E-state index is 12.8. The lowest BCUT2D eigenvalue weighted by molar-refractivity contribution is -0.121. The average molecular weight is 400 g/mol. The van der Waals surface area contributed by atoms with E-state index in [0.717, 1.165) is 11.3 Å². The van der Waals surface area contributed by atoms with E-state index in [9.17, 15) is 4.79 Å². The van der Waals surface area contributed by atoms with E-state index in [2.05, 4.69) is 5.32 Å². The van der Waals surface area contributed by atoms with Gasteiger partial charge in [-0.15, -0.1) is 0 Å². The number of thioether (sulfide) groups is 1. The molecule has 8 heteroatoms. The van der Waals surface area contributed by atoms with Gasteiger partial charge in [-0.05, 0) is 35.9 Å². The zero-order chi connectivity index (χ0) is 18.8. The van der Waals surface area contributed by atoms with Gasteiger partial charge in [0.05, 0.1) is 24.4 Å². The molecule has 0 saturated carbocycles. The van der Waals surface area contributed by atoms with Gasteiger partial charge < -0.3 is 19.5 Å². The van der Waals surface area contributed by atoms with Crippen molar-refractivity contribution in [3.8, 4) is 17.2 Å². The molecule has 0 aromatic heterocycles. The maximum atomic E-state index is 12.8. The minimum absolute atomic E-state index is 0.134. The molecule has 0 unspecified atom stereocenters. The van der Waals surface area contributed by atoms with E-state index in [1.807, 2.05) is 48.5 Å².